The quantitative estimate of drug-likeness (QED) is 0.768. The van der Waals surface area contributed by atoms with Gasteiger partial charge in [-0.15, -0.1) is 0 Å². The number of hydrogen-bond acceptors (Lipinski definition) is 5. The number of carboxylic acid groups (broad SMARTS) is 1. The van der Waals surface area contributed by atoms with Crippen LogP contribution >= 0.6 is 0 Å². The lowest BCUT2D eigenvalue weighted by atomic mass is 10.1. The van der Waals surface area contributed by atoms with Crippen molar-refractivity contribution < 1.29 is 9.90 Å². The van der Waals surface area contributed by atoms with E-state index in [4.69, 9.17) is 10.8 Å². The number of benzene rings is 1. The van der Waals surface area contributed by atoms with Gasteiger partial charge in [-0.3, -0.25) is 9.36 Å². The molecular formula is C15H16N4O3. The first kappa shape index (κ1) is 14.1. The number of carboxylic acids is 1. The summed E-state index contributed by atoms with van der Waals surface area (Å²) in [4.78, 5) is 26.5. The second kappa shape index (κ2) is 5.51. The number of carbonyl (C=O) groups is 1. The molecule has 22 heavy (non-hydrogen) atoms. The van der Waals surface area contributed by atoms with Crippen LogP contribution in [0.3, 0.4) is 0 Å². The van der Waals surface area contributed by atoms with Crippen LogP contribution in [0.4, 0.5) is 11.8 Å². The van der Waals surface area contributed by atoms with E-state index in [1.807, 2.05) is 0 Å². The molecule has 114 valence electrons. The highest BCUT2D eigenvalue weighted by atomic mass is 16.4. The maximum atomic E-state index is 11.8. The van der Waals surface area contributed by atoms with Gasteiger partial charge in [-0.25, -0.2) is 4.79 Å². The molecule has 2 aromatic rings. The first-order valence-corrected chi connectivity index (χ1v) is 7.01. The van der Waals surface area contributed by atoms with Crippen LogP contribution in [-0.2, 0) is 19.4 Å². The number of fused-ring (bicyclic) bond motifs is 1. The minimum absolute atomic E-state index is 0.195. The van der Waals surface area contributed by atoms with Crippen LogP contribution in [0.2, 0.25) is 0 Å². The van der Waals surface area contributed by atoms with Crippen LogP contribution < -0.4 is 16.6 Å². The average Bonchev–Trinajstić information content (AvgIpc) is 2.97. The number of nitrogens with one attached hydrogen (secondary N) is 1. The SMILES string of the molecule is Nc1nc(=O)c2c(n1CCc1ccc(C(=O)O)cc1)NCC2. The smallest absolute Gasteiger partial charge is 0.335 e. The fraction of sp³-hybridized carbons (Fsp3) is 0.267. The summed E-state index contributed by atoms with van der Waals surface area (Å²) in [7, 11) is 0. The highest BCUT2D eigenvalue weighted by molar-refractivity contribution is 5.87. The van der Waals surface area contributed by atoms with Crippen LogP contribution in [-0.4, -0.2) is 27.2 Å². The van der Waals surface area contributed by atoms with E-state index in [2.05, 4.69) is 10.3 Å². The van der Waals surface area contributed by atoms with E-state index >= 15 is 0 Å². The van der Waals surface area contributed by atoms with E-state index in [0.717, 1.165) is 11.4 Å². The summed E-state index contributed by atoms with van der Waals surface area (Å²) in [6.07, 6.45) is 1.33. The molecule has 1 aromatic heterocycles. The van der Waals surface area contributed by atoms with Crippen molar-refractivity contribution in [1.29, 1.82) is 0 Å². The minimum Gasteiger partial charge on any atom is -0.478 e. The van der Waals surface area contributed by atoms with E-state index in [1.165, 1.54) is 0 Å². The molecule has 0 spiro atoms. The number of aromatic nitrogens is 2. The molecule has 0 bridgehead atoms. The Labute approximate surface area is 126 Å². The molecule has 0 fully saturated rings. The van der Waals surface area contributed by atoms with E-state index < -0.39 is 5.97 Å². The number of nitrogen functional groups attached to an aromatic ring is 1. The number of nitrogens with two attached hydrogens (primary N) is 1. The first-order valence-electron chi connectivity index (χ1n) is 7.01. The van der Waals surface area contributed by atoms with Crippen molar-refractivity contribution in [2.45, 2.75) is 19.4 Å². The average molecular weight is 300 g/mol. The van der Waals surface area contributed by atoms with Crippen molar-refractivity contribution in [3.63, 3.8) is 0 Å². The Hall–Kier alpha value is -2.83. The molecule has 0 amide bonds. The monoisotopic (exact) mass is 300 g/mol. The van der Waals surface area contributed by atoms with Gasteiger partial charge in [-0.1, -0.05) is 12.1 Å². The predicted octanol–water partition coefficient (Wildman–Crippen LogP) is 0.734. The van der Waals surface area contributed by atoms with Gasteiger partial charge in [0, 0.05) is 13.1 Å². The highest BCUT2D eigenvalue weighted by Crippen LogP contribution is 2.21. The molecule has 0 unspecified atom stereocenters. The van der Waals surface area contributed by atoms with Gasteiger partial charge in [-0.2, -0.15) is 4.98 Å². The van der Waals surface area contributed by atoms with Crippen molar-refractivity contribution in [3.05, 3.63) is 51.3 Å². The van der Waals surface area contributed by atoms with Crippen molar-refractivity contribution in [3.8, 4) is 0 Å². The fourth-order valence-corrected chi connectivity index (χ4v) is 2.63. The molecule has 1 aliphatic heterocycles. The topological polar surface area (TPSA) is 110 Å². The molecule has 3 rings (SSSR count). The predicted molar refractivity (Wildman–Crippen MR) is 82.2 cm³/mol. The number of hydrogen-bond donors (Lipinski definition) is 3. The van der Waals surface area contributed by atoms with Gasteiger partial charge in [0.25, 0.3) is 5.56 Å². The Kier molecular flexibility index (Phi) is 3.54. The van der Waals surface area contributed by atoms with Crippen LogP contribution in [0.1, 0.15) is 21.5 Å². The Morgan fingerprint density at radius 2 is 2.09 bits per heavy atom. The van der Waals surface area contributed by atoms with Crippen molar-refractivity contribution in [1.82, 2.24) is 9.55 Å². The molecule has 0 saturated heterocycles. The lowest BCUT2D eigenvalue weighted by Crippen LogP contribution is -2.21. The van der Waals surface area contributed by atoms with Crippen molar-refractivity contribution in [2.24, 2.45) is 0 Å². The number of aromatic carboxylic acids is 1. The largest absolute Gasteiger partial charge is 0.478 e. The van der Waals surface area contributed by atoms with Crippen molar-refractivity contribution >= 4 is 17.7 Å². The van der Waals surface area contributed by atoms with E-state index in [-0.39, 0.29) is 17.1 Å². The van der Waals surface area contributed by atoms with Gasteiger partial charge in [0.2, 0.25) is 5.95 Å². The van der Waals surface area contributed by atoms with Crippen LogP contribution in [0, 0.1) is 0 Å². The first-order chi connectivity index (χ1) is 10.6. The minimum atomic E-state index is -0.942. The zero-order valence-corrected chi connectivity index (χ0v) is 11.9. The van der Waals surface area contributed by atoms with Crippen molar-refractivity contribution in [2.75, 3.05) is 17.6 Å². The van der Waals surface area contributed by atoms with Gasteiger partial charge < -0.3 is 16.2 Å². The Morgan fingerprint density at radius 1 is 1.36 bits per heavy atom. The molecule has 0 aliphatic carbocycles. The summed E-state index contributed by atoms with van der Waals surface area (Å²) < 4.78 is 1.80. The summed E-state index contributed by atoms with van der Waals surface area (Å²) >= 11 is 0. The maximum Gasteiger partial charge on any atom is 0.335 e. The summed E-state index contributed by atoms with van der Waals surface area (Å²) in [5, 5.41) is 12.1. The molecular weight excluding hydrogens is 284 g/mol. The molecule has 0 saturated carbocycles. The molecule has 0 atom stereocenters. The van der Waals surface area contributed by atoms with E-state index in [9.17, 15) is 9.59 Å². The molecule has 7 heteroatoms. The summed E-state index contributed by atoms with van der Waals surface area (Å²) in [6, 6.07) is 6.72. The third kappa shape index (κ3) is 2.52. The molecule has 2 heterocycles. The second-order valence-electron chi connectivity index (χ2n) is 5.18. The Morgan fingerprint density at radius 3 is 2.77 bits per heavy atom. The molecule has 7 nitrogen and oxygen atoms in total. The molecule has 1 aliphatic rings. The normalized spacial score (nSPS) is 12.7. The van der Waals surface area contributed by atoms with Gasteiger partial charge in [0.15, 0.2) is 0 Å². The number of anilines is 2. The molecule has 1 aromatic carbocycles. The summed E-state index contributed by atoms with van der Waals surface area (Å²) in [5.41, 5.74) is 7.52. The van der Waals surface area contributed by atoms with E-state index in [0.29, 0.717) is 31.5 Å². The van der Waals surface area contributed by atoms with Gasteiger partial charge in [0.05, 0.1) is 11.1 Å². The Balaban J connectivity index is 1.81. The Bertz CT molecular complexity index is 781. The molecule has 0 radical (unpaired) electrons. The third-order valence-corrected chi connectivity index (χ3v) is 3.80. The van der Waals surface area contributed by atoms with Gasteiger partial charge in [0.1, 0.15) is 5.82 Å². The maximum absolute atomic E-state index is 11.8. The van der Waals surface area contributed by atoms with Crippen LogP contribution in [0.5, 0.6) is 0 Å². The number of aryl methyl sites for hydroxylation is 1. The highest BCUT2D eigenvalue weighted by Gasteiger charge is 2.19. The van der Waals surface area contributed by atoms with E-state index in [1.54, 1.807) is 28.8 Å². The summed E-state index contributed by atoms with van der Waals surface area (Å²) in [5.74, 6) is 0.00221. The molecule has 4 N–H and O–H groups in total. The lowest BCUT2D eigenvalue weighted by molar-refractivity contribution is 0.0697. The fourth-order valence-electron chi connectivity index (χ4n) is 2.63. The lowest BCUT2D eigenvalue weighted by Gasteiger charge is -2.14. The number of rotatable bonds is 4. The second-order valence-corrected chi connectivity index (χ2v) is 5.18. The van der Waals surface area contributed by atoms with Crippen LogP contribution in [0.15, 0.2) is 29.1 Å². The van der Waals surface area contributed by atoms with Gasteiger partial charge in [-0.05, 0) is 30.5 Å². The third-order valence-electron chi connectivity index (χ3n) is 3.80. The van der Waals surface area contributed by atoms with Gasteiger partial charge >= 0.3 is 5.97 Å². The van der Waals surface area contributed by atoms with Crippen LogP contribution in [0.25, 0.3) is 0 Å². The zero-order chi connectivity index (χ0) is 15.7. The summed E-state index contributed by atoms with van der Waals surface area (Å²) in [6.45, 7) is 1.28. The number of nitrogens with zero attached hydrogens (tertiary/aromatic N) is 2. The zero-order valence-electron chi connectivity index (χ0n) is 11.9. The standard InChI is InChI=1S/C15H16N4O3/c16-15-18-13(20)11-5-7-17-12(11)19(15)8-6-9-1-3-10(4-2-9)14(21)22/h1-4,17H,5-8H2,(H,21,22)(H2,16,18,20).